The van der Waals surface area contributed by atoms with Gasteiger partial charge in [0.15, 0.2) is 0 Å². The van der Waals surface area contributed by atoms with E-state index in [1.807, 2.05) is 0 Å². The highest BCUT2D eigenvalue weighted by atomic mass is 19.3. The molecule has 2 aliphatic rings. The first-order valence-corrected chi connectivity index (χ1v) is 4.94. The van der Waals surface area contributed by atoms with Crippen molar-refractivity contribution in [2.45, 2.75) is 18.8 Å². The molecule has 4 heteroatoms. The molecule has 76 valence electrons. The third kappa shape index (κ3) is 1.57. The van der Waals surface area contributed by atoms with Gasteiger partial charge in [-0.3, -0.25) is 0 Å². The van der Waals surface area contributed by atoms with Crippen LogP contribution in [0.25, 0.3) is 0 Å². The quantitative estimate of drug-likeness (QED) is 0.701. The molecule has 0 spiro atoms. The van der Waals surface area contributed by atoms with Crippen LogP contribution in [-0.4, -0.2) is 37.0 Å². The molecule has 0 aromatic heterocycles. The summed E-state index contributed by atoms with van der Waals surface area (Å²) in [6.45, 7) is 2.72. The summed E-state index contributed by atoms with van der Waals surface area (Å²) in [7, 11) is 0. The standard InChI is InChI=1S/C9H16F2N2/c10-9(11)2-1-7-5-13(4-3-12)6-8(7)9/h7-8H,1-6,12H2/t7-,8-/m1/s1. The van der Waals surface area contributed by atoms with Crippen molar-refractivity contribution in [3.05, 3.63) is 0 Å². The SMILES string of the molecule is NCCN1C[C@H]2CCC(F)(F)[C@@H]2C1. The smallest absolute Gasteiger partial charge is 0.252 e. The molecule has 2 atom stereocenters. The minimum absolute atomic E-state index is 0.0960. The maximum absolute atomic E-state index is 13.3. The zero-order valence-corrected chi connectivity index (χ0v) is 7.68. The van der Waals surface area contributed by atoms with Crippen molar-refractivity contribution in [3.63, 3.8) is 0 Å². The van der Waals surface area contributed by atoms with Gasteiger partial charge in [0.2, 0.25) is 0 Å². The number of nitrogens with zero attached hydrogens (tertiary/aromatic N) is 1. The summed E-state index contributed by atoms with van der Waals surface area (Å²) in [5, 5.41) is 0. The van der Waals surface area contributed by atoms with E-state index in [9.17, 15) is 8.78 Å². The first-order valence-electron chi connectivity index (χ1n) is 4.94. The van der Waals surface area contributed by atoms with Gasteiger partial charge in [0, 0.05) is 38.5 Å². The van der Waals surface area contributed by atoms with Crippen molar-refractivity contribution in [2.24, 2.45) is 17.6 Å². The lowest BCUT2D eigenvalue weighted by atomic mass is 9.99. The molecule has 2 rings (SSSR count). The van der Waals surface area contributed by atoms with Crippen LogP contribution in [0, 0.1) is 11.8 Å². The molecule has 13 heavy (non-hydrogen) atoms. The van der Waals surface area contributed by atoms with E-state index in [1.54, 1.807) is 0 Å². The Hall–Kier alpha value is -0.220. The molecule has 1 saturated heterocycles. The van der Waals surface area contributed by atoms with Crippen LogP contribution in [0.5, 0.6) is 0 Å². The number of hydrogen-bond donors (Lipinski definition) is 1. The Morgan fingerprint density at radius 1 is 1.38 bits per heavy atom. The van der Waals surface area contributed by atoms with Crippen molar-refractivity contribution in [1.29, 1.82) is 0 Å². The second kappa shape index (κ2) is 3.17. The van der Waals surface area contributed by atoms with E-state index in [-0.39, 0.29) is 18.3 Å². The predicted molar refractivity (Wildman–Crippen MR) is 46.7 cm³/mol. The molecule has 0 radical (unpaired) electrons. The summed E-state index contributed by atoms with van der Waals surface area (Å²) in [6.07, 6.45) is 0.789. The third-order valence-electron chi connectivity index (χ3n) is 3.35. The minimum Gasteiger partial charge on any atom is -0.329 e. The molecule has 2 N–H and O–H groups in total. The fraction of sp³-hybridized carbons (Fsp3) is 1.00. The van der Waals surface area contributed by atoms with Crippen LogP contribution in [0.2, 0.25) is 0 Å². The van der Waals surface area contributed by atoms with Gasteiger partial charge in [-0.25, -0.2) is 8.78 Å². The molecule has 2 nitrogen and oxygen atoms in total. The number of nitrogens with two attached hydrogens (primary N) is 1. The van der Waals surface area contributed by atoms with Crippen molar-refractivity contribution in [2.75, 3.05) is 26.2 Å². The van der Waals surface area contributed by atoms with Crippen molar-refractivity contribution in [1.82, 2.24) is 4.90 Å². The van der Waals surface area contributed by atoms with Gasteiger partial charge in [-0.05, 0) is 12.3 Å². The number of halogens is 2. The molecule has 0 amide bonds. The van der Waals surface area contributed by atoms with Gasteiger partial charge in [-0.1, -0.05) is 0 Å². The van der Waals surface area contributed by atoms with E-state index >= 15 is 0 Å². The number of likely N-dealkylation sites (tertiary alicyclic amines) is 1. The maximum Gasteiger partial charge on any atom is 0.252 e. The fourth-order valence-corrected chi connectivity index (χ4v) is 2.66. The summed E-state index contributed by atoms with van der Waals surface area (Å²) in [6, 6.07) is 0. The van der Waals surface area contributed by atoms with Crippen molar-refractivity contribution in [3.8, 4) is 0 Å². The van der Waals surface area contributed by atoms with Crippen LogP contribution in [-0.2, 0) is 0 Å². The van der Waals surface area contributed by atoms with Crippen molar-refractivity contribution >= 4 is 0 Å². The van der Waals surface area contributed by atoms with Crippen LogP contribution < -0.4 is 5.73 Å². The van der Waals surface area contributed by atoms with E-state index in [0.29, 0.717) is 19.5 Å². The zero-order valence-electron chi connectivity index (χ0n) is 7.68. The maximum atomic E-state index is 13.3. The van der Waals surface area contributed by atoms with Crippen LogP contribution in [0.1, 0.15) is 12.8 Å². The van der Waals surface area contributed by atoms with E-state index in [1.165, 1.54) is 0 Å². The second-order valence-electron chi connectivity index (χ2n) is 4.21. The Bertz CT molecular complexity index is 196. The third-order valence-corrected chi connectivity index (χ3v) is 3.35. The Kier molecular flexibility index (Phi) is 2.28. The second-order valence-corrected chi connectivity index (χ2v) is 4.21. The predicted octanol–water partition coefficient (Wildman–Crippen LogP) is 0.922. The van der Waals surface area contributed by atoms with Crippen LogP contribution in [0.15, 0.2) is 0 Å². The van der Waals surface area contributed by atoms with Gasteiger partial charge in [0.05, 0.1) is 0 Å². The molecule has 1 aliphatic carbocycles. The summed E-state index contributed by atoms with van der Waals surface area (Å²) < 4.78 is 26.5. The highest BCUT2D eigenvalue weighted by Crippen LogP contribution is 2.47. The zero-order chi connectivity index (χ0) is 9.47. The summed E-state index contributed by atoms with van der Waals surface area (Å²) >= 11 is 0. The van der Waals surface area contributed by atoms with E-state index in [0.717, 1.165) is 13.1 Å². The van der Waals surface area contributed by atoms with Crippen LogP contribution >= 0.6 is 0 Å². The molecule has 0 bridgehead atoms. The average molecular weight is 190 g/mol. The molecule has 0 unspecified atom stereocenters. The number of rotatable bonds is 2. The highest BCUT2D eigenvalue weighted by Gasteiger charge is 2.53. The lowest BCUT2D eigenvalue weighted by molar-refractivity contribution is -0.0397. The van der Waals surface area contributed by atoms with Gasteiger partial charge in [-0.15, -0.1) is 0 Å². The number of fused-ring (bicyclic) bond motifs is 1. The van der Waals surface area contributed by atoms with E-state index < -0.39 is 5.92 Å². The Balaban J connectivity index is 1.98. The first kappa shape index (κ1) is 9.34. The molecule has 0 aromatic carbocycles. The van der Waals surface area contributed by atoms with E-state index in [2.05, 4.69) is 4.90 Å². The Morgan fingerprint density at radius 3 is 2.77 bits per heavy atom. The lowest BCUT2D eigenvalue weighted by Crippen LogP contribution is -2.31. The molecule has 1 heterocycles. The number of alkyl halides is 2. The van der Waals surface area contributed by atoms with Gasteiger partial charge in [0.1, 0.15) is 0 Å². The van der Waals surface area contributed by atoms with E-state index in [4.69, 9.17) is 5.73 Å². The fourth-order valence-electron chi connectivity index (χ4n) is 2.66. The molecule has 0 aromatic rings. The van der Waals surface area contributed by atoms with Crippen LogP contribution in [0.3, 0.4) is 0 Å². The van der Waals surface area contributed by atoms with Gasteiger partial charge in [-0.2, -0.15) is 0 Å². The summed E-state index contributed by atoms with van der Waals surface area (Å²) in [4.78, 5) is 2.07. The summed E-state index contributed by atoms with van der Waals surface area (Å²) in [5.74, 6) is -2.57. The van der Waals surface area contributed by atoms with Crippen molar-refractivity contribution < 1.29 is 8.78 Å². The van der Waals surface area contributed by atoms with Gasteiger partial charge in [0.25, 0.3) is 5.92 Å². The van der Waals surface area contributed by atoms with Gasteiger partial charge < -0.3 is 10.6 Å². The molecule has 2 fully saturated rings. The highest BCUT2D eigenvalue weighted by molar-refractivity contribution is 4.97. The molecular formula is C9H16F2N2. The largest absolute Gasteiger partial charge is 0.329 e. The summed E-state index contributed by atoms with van der Waals surface area (Å²) in [5.41, 5.74) is 5.40. The normalized spacial score (nSPS) is 38.1. The Morgan fingerprint density at radius 2 is 2.15 bits per heavy atom. The van der Waals surface area contributed by atoms with Crippen LogP contribution in [0.4, 0.5) is 8.78 Å². The average Bonchev–Trinajstić information content (AvgIpc) is 2.55. The van der Waals surface area contributed by atoms with Gasteiger partial charge >= 0.3 is 0 Å². The molecular weight excluding hydrogens is 174 g/mol. The monoisotopic (exact) mass is 190 g/mol. The molecule has 1 saturated carbocycles. The molecule has 1 aliphatic heterocycles. The lowest BCUT2D eigenvalue weighted by Gasteiger charge is -2.19. The number of hydrogen-bond acceptors (Lipinski definition) is 2. The first-order chi connectivity index (χ1) is 6.13. The minimum atomic E-state index is -2.41. The Labute approximate surface area is 77.1 Å². The topological polar surface area (TPSA) is 29.3 Å².